The number of hydrogen-bond acceptors (Lipinski definition) is 5. The van der Waals surface area contributed by atoms with E-state index in [1.165, 1.54) is 30.7 Å². The largest absolute Gasteiger partial charge is 0.466 e. The molecule has 0 saturated heterocycles. The molecule has 0 aliphatic carbocycles. The average molecular weight is 210 g/mol. The molecule has 7 heteroatoms. The van der Waals surface area contributed by atoms with Crippen LogP contribution in [-0.2, 0) is 9.53 Å². The molecule has 0 saturated carbocycles. The predicted octanol–water partition coefficient (Wildman–Crippen LogP) is 2.27. The first kappa shape index (κ1) is 10.2. The number of hydrogen-bond donors (Lipinski definition) is 0. The van der Waals surface area contributed by atoms with Gasteiger partial charge in [0.2, 0.25) is 0 Å². The van der Waals surface area contributed by atoms with Gasteiger partial charge in [0.05, 0.1) is 7.11 Å². The Balaban J connectivity index is 2.73. The number of ether oxygens (including phenoxy) is 1. The SMILES string of the molecule is COC(=O)/C=C\c1cnc(N=[N+]=[N-])s1. The summed E-state index contributed by atoms with van der Waals surface area (Å²) in [6.07, 6.45) is 4.32. The van der Waals surface area contributed by atoms with Gasteiger partial charge < -0.3 is 4.74 Å². The quantitative estimate of drug-likeness (QED) is 0.252. The summed E-state index contributed by atoms with van der Waals surface area (Å²) < 4.78 is 4.40. The molecule has 0 radical (unpaired) electrons. The first-order valence-corrected chi connectivity index (χ1v) is 4.35. The molecule has 0 amide bonds. The van der Waals surface area contributed by atoms with Gasteiger partial charge in [-0.3, -0.25) is 0 Å². The number of azide groups is 1. The predicted molar refractivity (Wildman–Crippen MR) is 52.0 cm³/mol. The Hall–Kier alpha value is -1.85. The van der Waals surface area contributed by atoms with Gasteiger partial charge in [-0.25, -0.2) is 9.78 Å². The van der Waals surface area contributed by atoms with Crippen molar-refractivity contribution < 1.29 is 9.53 Å². The van der Waals surface area contributed by atoms with Crippen LogP contribution in [0.15, 0.2) is 17.4 Å². The number of carbonyl (C=O) groups is 1. The maximum Gasteiger partial charge on any atom is 0.330 e. The van der Waals surface area contributed by atoms with Gasteiger partial charge in [-0.1, -0.05) is 0 Å². The van der Waals surface area contributed by atoms with E-state index < -0.39 is 5.97 Å². The van der Waals surface area contributed by atoms with Crippen molar-refractivity contribution in [3.63, 3.8) is 0 Å². The molecule has 6 nitrogen and oxygen atoms in total. The van der Waals surface area contributed by atoms with Crippen molar-refractivity contribution in [3.05, 3.63) is 27.6 Å². The molecule has 72 valence electrons. The Kier molecular flexibility index (Phi) is 3.66. The van der Waals surface area contributed by atoms with Crippen LogP contribution in [0.25, 0.3) is 16.5 Å². The maximum atomic E-state index is 10.7. The summed E-state index contributed by atoms with van der Waals surface area (Å²) in [4.78, 5) is 17.8. The van der Waals surface area contributed by atoms with Crippen molar-refractivity contribution in [2.24, 2.45) is 5.11 Å². The van der Waals surface area contributed by atoms with E-state index in [1.54, 1.807) is 6.08 Å². The lowest BCUT2D eigenvalue weighted by molar-refractivity contribution is -0.134. The van der Waals surface area contributed by atoms with Crippen LogP contribution in [0.3, 0.4) is 0 Å². The van der Waals surface area contributed by atoms with Gasteiger partial charge in [0.25, 0.3) is 0 Å². The van der Waals surface area contributed by atoms with Crippen LogP contribution in [0.4, 0.5) is 5.13 Å². The van der Waals surface area contributed by atoms with Crippen LogP contribution in [0.2, 0.25) is 0 Å². The zero-order valence-electron chi connectivity index (χ0n) is 7.25. The molecule has 0 fully saturated rings. The average Bonchev–Trinajstić information content (AvgIpc) is 2.63. The molecule has 0 bridgehead atoms. The van der Waals surface area contributed by atoms with E-state index in [4.69, 9.17) is 5.53 Å². The van der Waals surface area contributed by atoms with E-state index in [2.05, 4.69) is 19.7 Å². The van der Waals surface area contributed by atoms with Gasteiger partial charge in [-0.05, 0) is 16.7 Å². The van der Waals surface area contributed by atoms with Crippen LogP contribution in [0.5, 0.6) is 0 Å². The van der Waals surface area contributed by atoms with E-state index >= 15 is 0 Å². The van der Waals surface area contributed by atoms with E-state index in [0.717, 1.165) is 4.88 Å². The molecule has 0 aliphatic heterocycles. The summed E-state index contributed by atoms with van der Waals surface area (Å²) in [6.45, 7) is 0. The van der Waals surface area contributed by atoms with E-state index in [0.29, 0.717) is 5.13 Å². The Bertz CT molecular complexity index is 406. The second kappa shape index (κ2) is 5.00. The van der Waals surface area contributed by atoms with Crippen LogP contribution >= 0.6 is 11.3 Å². The molecule has 0 spiro atoms. The van der Waals surface area contributed by atoms with Gasteiger partial charge in [0.1, 0.15) is 0 Å². The van der Waals surface area contributed by atoms with Crippen LogP contribution in [0.1, 0.15) is 4.88 Å². The Morgan fingerprint density at radius 1 is 1.86 bits per heavy atom. The van der Waals surface area contributed by atoms with Crippen molar-refractivity contribution in [3.8, 4) is 0 Å². The van der Waals surface area contributed by atoms with E-state index in [9.17, 15) is 4.79 Å². The number of esters is 1. The molecule has 14 heavy (non-hydrogen) atoms. The lowest BCUT2D eigenvalue weighted by atomic mass is 10.4. The van der Waals surface area contributed by atoms with Crippen LogP contribution < -0.4 is 0 Å². The molecular formula is C7H6N4O2S. The molecule has 0 unspecified atom stereocenters. The number of nitrogens with zero attached hydrogens (tertiary/aromatic N) is 4. The topological polar surface area (TPSA) is 88.0 Å². The summed E-state index contributed by atoms with van der Waals surface area (Å²) in [5.74, 6) is -0.441. The highest BCUT2D eigenvalue weighted by Crippen LogP contribution is 2.21. The zero-order valence-corrected chi connectivity index (χ0v) is 8.06. The fourth-order valence-corrected chi connectivity index (χ4v) is 1.29. The monoisotopic (exact) mass is 210 g/mol. The summed E-state index contributed by atoms with van der Waals surface area (Å²) in [5.41, 5.74) is 8.12. The Morgan fingerprint density at radius 3 is 3.29 bits per heavy atom. The lowest BCUT2D eigenvalue weighted by Gasteiger charge is -1.87. The van der Waals surface area contributed by atoms with Crippen molar-refractivity contribution in [1.29, 1.82) is 0 Å². The molecule has 0 atom stereocenters. The number of thiazole rings is 1. The van der Waals surface area contributed by atoms with Crippen LogP contribution in [0, 0.1) is 0 Å². The van der Waals surface area contributed by atoms with Crippen molar-refractivity contribution in [2.75, 3.05) is 7.11 Å². The number of aromatic nitrogens is 1. The molecule has 1 aromatic heterocycles. The third kappa shape index (κ3) is 2.89. The van der Waals surface area contributed by atoms with Crippen molar-refractivity contribution in [2.45, 2.75) is 0 Å². The standard InChI is InChI=1S/C7H6N4O2S/c1-13-6(12)3-2-5-4-9-7(14-5)10-11-8/h2-4H,1H3/b3-2-. The van der Waals surface area contributed by atoms with Gasteiger partial charge in [-0.15, -0.1) is 11.3 Å². The minimum absolute atomic E-state index is 0.317. The van der Waals surface area contributed by atoms with E-state index in [-0.39, 0.29) is 0 Å². The fraction of sp³-hybridized carbons (Fsp3) is 0.143. The smallest absolute Gasteiger partial charge is 0.330 e. The number of rotatable bonds is 3. The van der Waals surface area contributed by atoms with Gasteiger partial charge >= 0.3 is 5.97 Å². The lowest BCUT2D eigenvalue weighted by Crippen LogP contribution is -1.92. The third-order valence-corrected chi connectivity index (χ3v) is 2.07. The van der Waals surface area contributed by atoms with Crippen molar-refractivity contribution in [1.82, 2.24) is 4.98 Å². The Labute approximate surface area is 83.5 Å². The summed E-state index contributed by atoms with van der Waals surface area (Å²) in [7, 11) is 1.30. The highest BCUT2D eigenvalue weighted by Gasteiger charge is 1.97. The first-order chi connectivity index (χ1) is 6.76. The fourth-order valence-electron chi connectivity index (χ4n) is 0.657. The zero-order chi connectivity index (χ0) is 10.4. The van der Waals surface area contributed by atoms with Gasteiger partial charge in [-0.2, -0.15) is 0 Å². The normalized spacial score (nSPS) is 9.79. The molecule has 0 aromatic carbocycles. The van der Waals surface area contributed by atoms with Crippen LogP contribution in [-0.4, -0.2) is 18.1 Å². The highest BCUT2D eigenvalue weighted by molar-refractivity contribution is 7.16. The van der Waals surface area contributed by atoms with E-state index in [1.807, 2.05) is 0 Å². The first-order valence-electron chi connectivity index (χ1n) is 3.53. The molecule has 1 rings (SSSR count). The molecule has 0 N–H and O–H groups in total. The minimum Gasteiger partial charge on any atom is -0.466 e. The minimum atomic E-state index is -0.441. The molecule has 1 heterocycles. The maximum absolute atomic E-state index is 10.7. The molecule has 0 aliphatic rings. The summed E-state index contributed by atoms with van der Waals surface area (Å²) in [5, 5.41) is 3.63. The van der Waals surface area contributed by atoms with Gasteiger partial charge in [0.15, 0.2) is 5.13 Å². The highest BCUT2D eigenvalue weighted by atomic mass is 32.1. The summed E-state index contributed by atoms with van der Waals surface area (Å²) in [6, 6.07) is 0. The molecular weight excluding hydrogens is 204 g/mol. The molecule has 1 aromatic rings. The number of carbonyl (C=O) groups excluding carboxylic acids is 1. The second-order valence-electron chi connectivity index (χ2n) is 2.09. The van der Waals surface area contributed by atoms with Crippen molar-refractivity contribution >= 4 is 28.5 Å². The summed E-state index contributed by atoms with van der Waals surface area (Å²) >= 11 is 1.18. The Morgan fingerprint density at radius 2 is 2.64 bits per heavy atom. The third-order valence-electron chi connectivity index (χ3n) is 1.23. The number of methoxy groups -OCH3 is 1. The second-order valence-corrected chi connectivity index (χ2v) is 3.13. The van der Waals surface area contributed by atoms with Gasteiger partial charge in [0, 0.05) is 22.1 Å².